The van der Waals surface area contributed by atoms with E-state index in [4.69, 9.17) is 11.6 Å². The van der Waals surface area contributed by atoms with Crippen molar-refractivity contribution < 1.29 is 0 Å². The van der Waals surface area contributed by atoms with Gasteiger partial charge in [-0.05, 0) is 59.2 Å². The van der Waals surface area contributed by atoms with Crippen LogP contribution in [-0.4, -0.2) is 12.0 Å². The van der Waals surface area contributed by atoms with E-state index in [0.717, 1.165) is 21.6 Å². The second-order valence-corrected chi connectivity index (χ2v) is 5.43. The molecule has 2 rings (SSSR count). The molecule has 0 saturated heterocycles. The lowest BCUT2D eigenvalue weighted by Gasteiger charge is -2.15. The third kappa shape index (κ3) is 3.55. The maximum absolute atomic E-state index is 5.88. The Labute approximate surface area is 121 Å². The smallest absolute Gasteiger partial charge is 0.0577 e. The van der Waals surface area contributed by atoms with Gasteiger partial charge in [-0.1, -0.05) is 23.7 Å². The van der Waals surface area contributed by atoms with Gasteiger partial charge in [0.2, 0.25) is 0 Å². The van der Waals surface area contributed by atoms with E-state index in [1.54, 1.807) is 0 Å². The van der Waals surface area contributed by atoms with Crippen LogP contribution in [0.15, 0.2) is 47.1 Å². The first kappa shape index (κ1) is 13.5. The molecule has 0 aliphatic heterocycles. The quantitative estimate of drug-likeness (QED) is 0.919. The summed E-state index contributed by atoms with van der Waals surface area (Å²) in [5.41, 5.74) is 2.28. The fourth-order valence-corrected chi connectivity index (χ4v) is 2.16. The zero-order chi connectivity index (χ0) is 13.0. The monoisotopic (exact) mass is 324 g/mol. The van der Waals surface area contributed by atoms with Gasteiger partial charge in [0, 0.05) is 15.7 Å². The van der Waals surface area contributed by atoms with Crippen LogP contribution in [0.2, 0.25) is 5.02 Å². The summed E-state index contributed by atoms with van der Waals surface area (Å²) >= 11 is 9.28. The number of aromatic nitrogens is 1. The third-order valence-corrected chi connectivity index (χ3v) is 3.53. The summed E-state index contributed by atoms with van der Waals surface area (Å²) in [6, 6.07) is 12.2. The van der Waals surface area contributed by atoms with Gasteiger partial charge in [-0.25, -0.2) is 0 Å². The number of nitrogens with zero attached hydrogens (tertiary/aromatic N) is 1. The molecule has 0 aliphatic rings. The van der Waals surface area contributed by atoms with Crippen LogP contribution >= 0.6 is 27.5 Å². The van der Waals surface area contributed by atoms with E-state index in [9.17, 15) is 0 Å². The average Bonchev–Trinajstić information content (AvgIpc) is 2.39. The molecule has 94 valence electrons. The molecule has 0 fully saturated rings. The molecule has 0 amide bonds. The normalized spacial score (nSPS) is 12.4. The molecular formula is C14H14BrClN2. The zero-order valence-electron chi connectivity index (χ0n) is 10.0. The average molecular weight is 326 g/mol. The summed E-state index contributed by atoms with van der Waals surface area (Å²) in [5, 5.41) is 4.06. The molecule has 4 heteroatoms. The lowest BCUT2D eigenvalue weighted by Crippen LogP contribution is -2.19. The summed E-state index contributed by atoms with van der Waals surface area (Å²) < 4.78 is 0.993. The highest BCUT2D eigenvalue weighted by Crippen LogP contribution is 2.19. The van der Waals surface area contributed by atoms with E-state index in [1.807, 2.05) is 49.6 Å². The summed E-state index contributed by atoms with van der Waals surface area (Å²) in [6.45, 7) is 0. The topological polar surface area (TPSA) is 24.9 Å². The Morgan fingerprint density at radius 2 is 1.94 bits per heavy atom. The molecule has 1 heterocycles. The van der Waals surface area contributed by atoms with E-state index in [-0.39, 0.29) is 6.04 Å². The van der Waals surface area contributed by atoms with Crippen LogP contribution in [0.25, 0.3) is 0 Å². The van der Waals surface area contributed by atoms with E-state index in [2.05, 4.69) is 26.2 Å². The fraction of sp³-hybridized carbons (Fsp3) is 0.214. The highest BCUT2D eigenvalue weighted by molar-refractivity contribution is 9.10. The lowest BCUT2D eigenvalue weighted by molar-refractivity contribution is 0.576. The minimum atomic E-state index is 0.208. The molecule has 18 heavy (non-hydrogen) atoms. The third-order valence-electron chi connectivity index (χ3n) is 2.81. The van der Waals surface area contributed by atoms with Gasteiger partial charge in [-0.15, -0.1) is 0 Å². The predicted molar refractivity (Wildman–Crippen MR) is 78.9 cm³/mol. The molecule has 2 aromatic rings. The molecule has 0 aliphatic carbocycles. The number of nitrogens with one attached hydrogen (secondary N) is 1. The molecule has 0 spiro atoms. The van der Waals surface area contributed by atoms with Gasteiger partial charge in [0.05, 0.1) is 11.7 Å². The van der Waals surface area contributed by atoms with Crippen LogP contribution in [0.1, 0.15) is 17.3 Å². The van der Waals surface area contributed by atoms with Crippen LogP contribution in [0.3, 0.4) is 0 Å². The summed E-state index contributed by atoms with van der Waals surface area (Å²) in [6.07, 6.45) is 2.71. The molecule has 0 radical (unpaired) electrons. The van der Waals surface area contributed by atoms with Gasteiger partial charge < -0.3 is 5.32 Å². The van der Waals surface area contributed by atoms with Gasteiger partial charge in [-0.2, -0.15) is 0 Å². The van der Waals surface area contributed by atoms with Crippen LogP contribution in [0.4, 0.5) is 0 Å². The first-order valence-corrected chi connectivity index (χ1v) is 6.89. The zero-order valence-corrected chi connectivity index (χ0v) is 12.4. The molecule has 2 nitrogen and oxygen atoms in total. The van der Waals surface area contributed by atoms with Crippen molar-refractivity contribution in [3.8, 4) is 0 Å². The van der Waals surface area contributed by atoms with Crippen molar-refractivity contribution in [2.45, 2.75) is 12.5 Å². The summed E-state index contributed by atoms with van der Waals surface area (Å²) in [5.74, 6) is 0. The van der Waals surface area contributed by atoms with E-state index < -0.39 is 0 Å². The Bertz CT molecular complexity index is 496. The van der Waals surface area contributed by atoms with Crippen molar-refractivity contribution in [2.24, 2.45) is 0 Å². The molecule has 0 bridgehead atoms. The molecule has 1 aromatic carbocycles. The van der Waals surface area contributed by atoms with Crippen LogP contribution in [0, 0.1) is 0 Å². The molecule has 0 saturated carbocycles. The van der Waals surface area contributed by atoms with Gasteiger partial charge >= 0.3 is 0 Å². The van der Waals surface area contributed by atoms with Crippen molar-refractivity contribution in [3.05, 3.63) is 63.3 Å². The predicted octanol–water partition coefficient (Wildman–Crippen LogP) is 4.00. The highest BCUT2D eigenvalue weighted by atomic mass is 79.9. The summed E-state index contributed by atoms with van der Waals surface area (Å²) in [7, 11) is 1.95. The molecule has 1 aromatic heterocycles. The molecular weight excluding hydrogens is 312 g/mol. The van der Waals surface area contributed by atoms with E-state index in [1.165, 1.54) is 5.56 Å². The number of likely N-dealkylation sites (N-methyl/N-ethyl adjacent to an activating group) is 1. The minimum absolute atomic E-state index is 0.208. The number of rotatable bonds is 4. The summed E-state index contributed by atoms with van der Waals surface area (Å²) in [4.78, 5) is 4.43. The van der Waals surface area contributed by atoms with Gasteiger partial charge in [0.15, 0.2) is 0 Å². The Morgan fingerprint density at radius 3 is 2.50 bits per heavy atom. The minimum Gasteiger partial charge on any atom is -0.311 e. The van der Waals surface area contributed by atoms with Gasteiger partial charge in [0.1, 0.15) is 0 Å². The van der Waals surface area contributed by atoms with Crippen molar-refractivity contribution in [1.29, 1.82) is 0 Å². The number of hydrogen-bond donors (Lipinski definition) is 1. The van der Waals surface area contributed by atoms with Crippen molar-refractivity contribution in [1.82, 2.24) is 10.3 Å². The maximum atomic E-state index is 5.88. The Balaban J connectivity index is 2.14. The van der Waals surface area contributed by atoms with Crippen molar-refractivity contribution in [2.75, 3.05) is 7.05 Å². The number of benzene rings is 1. The lowest BCUT2D eigenvalue weighted by atomic mass is 10.0. The Morgan fingerprint density at radius 1 is 1.22 bits per heavy atom. The Hall–Kier alpha value is -0.900. The van der Waals surface area contributed by atoms with E-state index in [0.29, 0.717) is 0 Å². The molecule has 1 atom stereocenters. The second kappa shape index (κ2) is 6.32. The number of hydrogen-bond acceptors (Lipinski definition) is 2. The Kier molecular flexibility index (Phi) is 4.75. The van der Waals surface area contributed by atoms with E-state index >= 15 is 0 Å². The second-order valence-electron chi connectivity index (χ2n) is 4.07. The maximum Gasteiger partial charge on any atom is 0.0577 e. The number of pyridine rings is 1. The first-order valence-electron chi connectivity index (χ1n) is 5.72. The first-order chi connectivity index (χ1) is 8.69. The van der Waals surface area contributed by atoms with Crippen molar-refractivity contribution >= 4 is 27.5 Å². The SMILES string of the molecule is CNC(Cc1ccc(Cl)cc1)c1ccc(Br)cn1. The molecule has 1 unspecified atom stereocenters. The van der Waals surface area contributed by atoms with Crippen LogP contribution < -0.4 is 5.32 Å². The standard InChI is InChI=1S/C14H14BrClN2/c1-17-14(13-7-4-11(15)9-18-13)8-10-2-5-12(16)6-3-10/h2-7,9,14,17H,8H2,1H3. The number of halogens is 2. The highest BCUT2D eigenvalue weighted by Gasteiger charge is 2.11. The fourth-order valence-electron chi connectivity index (χ4n) is 1.80. The largest absolute Gasteiger partial charge is 0.311 e. The van der Waals surface area contributed by atoms with Crippen LogP contribution in [0.5, 0.6) is 0 Å². The van der Waals surface area contributed by atoms with Crippen LogP contribution in [-0.2, 0) is 6.42 Å². The van der Waals surface area contributed by atoms with Crippen molar-refractivity contribution in [3.63, 3.8) is 0 Å². The molecule has 1 N–H and O–H groups in total. The van der Waals surface area contributed by atoms with Gasteiger partial charge in [-0.3, -0.25) is 4.98 Å². The van der Waals surface area contributed by atoms with Gasteiger partial charge in [0.25, 0.3) is 0 Å².